The van der Waals surface area contributed by atoms with Gasteiger partial charge >= 0.3 is 11.9 Å². The van der Waals surface area contributed by atoms with Gasteiger partial charge < -0.3 is 52.3 Å². The standard InChI is InChI=1S/C29H35NO14/c1-14(31)37-10-23-24(35-3)26-27(41-12-36-11-40-26)29(44-23)43-22-8-19(33)17-4-5-30(28(34)25(22)42-15(2)32)9-16-6-20-21(7-18(16)17)39-13-38-20/h6-7,17,22-27,29H,4-5,8-13H2,1-3H3/t17-,22+,23+,24+,25-,26-,27+,29+/m0/s1. The number of Topliss-reactive ketones (excluding diaryl/α,β-unsaturated/α-hetero) is 1. The van der Waals surface area contributed by atoms with Crippen LogP contribution < -0.4 is 9.47 Å². The van der Waals surface area contributed by atoms with E-state index in [2.05, 4.69) is 0 Å². The Labute approximate surface area is 252 Å². The quantitative estimate of drug-likeness (QED) is 0.404. The summed E-state index contributed by atoms with van der Waals surface area (Å²) >= 11 is 0. The van der Waals surface area contributed by atoms with Gasteiger partial charge in [0.1, 0.15) is 56.5 Å². The van der Waals surface area contributed by atoms with Crippen LogP contribution >= 0.6 is 0 Å². The third-order valence-corrected chi connectivity index (χ3v) is 8.35. The Balaban J connectivity index is 1.34. The van der Waals surface area contributed by atoms with Crippen molar-refractivity contribution in [2.24, 2.45) is 0 Å². The number of benzene rings is 1. The van der Waals surface area contributed by atoms with Crippen LogP contribution in [-0.4, -0.2) is 112 Å². The van der Waals surface area contributed by atoms with Crippen LogP contribution in [0.3, 0.4) is 0 Å². The number of carbonyl (C=O) groups excluding carboxylic acids is 4. The summed E-state index contributed by atoms with van der Waals surface area (Å²) in [6, 6.07) is 3.59. The molecule has 1 aromatic carbocycles. The van der Waals surface area contributed by atoms with Crippen molar-refractivity contribution in [2.75, 3.05) is 40.6 Å². The largest absolute Gasteiger partial charge is 0.463 e. The second kappa shape index (κ2) is 12.9. The topological polar surface area (TPSA) is 164 Å². The van der Waals surface area contributed by atoms with Gasteiger partial charge in [0.2, 0.25) is 12.9 Å². The summed E-state index contributed by atoms with van der Waals surface area (Å²) < 4.78 is 57.2. The van der Waals surface area contributed by atoms with Crippen LogP contribution in [0.2, 0.25) is 0 Å². The number of ether oxygens (including phenoxy) is 10. The molecule has 2 bridgehead atoms. The monoisotopic (exact) mass is 621 g/mol. The van der Waals surface area contributed by atoms with E-state index in [0.29, 0.717) is 17.9 Å². The molecule has 44 heavy (non-hydrogen) atoms. The summed E-state index contributed by atoms with van der Waals surface area (Å²) in [5.41, 5.74) is 1.50. The highest BCUT2D eigenvalue weighted by Crippen LogP contribution is 2.42. The Morgan fingerprint density at radius 2 is 1.75 bits per heavy atom. The highest BCUT2D eigenvalue weighted by atomic mass is 16.8. The van der Waals surface area contributed by atoms with Crippen molar-refractivity contribution < 1.29 is 66.5 Å². The number of rotatable bonds is 6. The number of hydrogen-bond acceptors (Lipinski definition) is 14. The lowest BCUT2D eigenvalue weighted by atomic mass is 9.86. The molecule has 240 valence electrons. The highest BCUT2D eigenvalue weighted by Gasteiger charge is 2.52. The number of ketones is 1. The number of nitrogens with zero attached hydrogens (tertiary/aromatic N) is 1. The number of esters is 2. The van der Waals surface area contributed by atoms with Crippen LogP contribution in [0.1, 0.15) is 43.7 Å². The minimum Gasteiger partial charge on any atom is -0.463 e. The predicted octanol–water partition coefficient (Wildman–Crippen LogP) is 0.540. The summed E-state index contributed by atoms with van der Waals surface area (Å²) in [7, 11) is 1.45. The number of amides is 1. The lowest BCUT2D eigenvalue weighted by Gasteiger charge is -2.45. The van der Waals surface area contributed by atoms with E-state index in [-0.39, 0.29) is 52.3 Å². The van der Waals surface area contributed by atoms with Crippen LogP contribution in [0.25, 0.3) is 0 Å². The molecule has 0 N–H and O–H groups in total. The van der Waals surface area contributed by atoms with E-state index < -0.39 is 66.7 Å². The first-order valence-corrected chi connectivity index (χ1v) is 14.4. The van der Waals surface area contributed by atoms with E-state index in [0.717, 1.165) is 11.1 Å². The molecule has 15 nitrogen and oxygen atoms in total. The molecule has 15 heteroatoms. The van der Waals surface area contributed by atoms with Crippen LogP contribution in [-0.2, 0) is 63.6 Å². The maximum Gasteiger partial charge on any atom is 0.303 e. The van der Waals surface area contributed by atoms with Gasteiger partial charge in [-0.05, 0) is 29.7 Å². The molecular formula is C29H35NO14. The summed E-state index contributed by atoms with van der Waals surface area (Å²) in [5.74, 6) is -1.51. The molecule has 0 spiro atoms. The Morgan fingerprint density at radius 1 is 1.00 bits per heavy atom. The van der Waals surface area contributed by atoms with Crippen LogP contribution in [0.15, 0.2) is 12.1 Å². The lowest BCUT2D eigenvalue weighted by molar-refractivity contribution is -0.326. The second-order valence-corrected chi connectivity index (χ2v) is 11.1. The first-order chi connectivity index (χ1) is 21.2. The average Bonchev–Trinajstić information content (AvgIpc) is 3.20. The van der Waals surface area contributed by atoms with Crippen molar-refractivity contribution in [1.29, 1.82) is 0 Å². The molecule has 0 unspecified atom stereocenters. The average molecular weight is 622 g/mol. The molecule has 1 amide bonds. The maximum absolute atomic E-state index is 14.1. The van der Waals surface area contributed by atoms with Gasteiger partial charge in [0.05, 0.1) is 0 Å². The summed E-state index contributed by atoms with van der Waals surface area (Å²) in [4.78, 5) is 53.6. The van der Waals surface area contributed by atoms with Crippen molar-refractivity contribution in [1.82, 2.24) is 4.90 Å². The molecule has 3 saturated heterocycles. The molecular weight excluding hydrogens is 586 g/mol. The third-order valence-electron chi connectivity index (χ3n) is 8.35. The highest BCUT2D eigenvalue weighted by molar-refractivity contribution is 5.91. The van der Waals surface area contributed by atoms with Crippen molar-refractivity contribution in [2.45, 2.75) is 82.1 Å². The van der Waals surface area contributed by atoms with Crippen molar-refractivity contribution in [3.05, 3.63) is 23.3 Å². The van der Waals surface area contributed by atoms with Gasteiger partial charge in [-0.1, -0.05) is 0 Å². The molecule has 0 aromatic heterocycles. The summed E-state index contributed by atoms with van der Waals surface area (Å²) in [6.07, 6.45) is -7.26. The van der Waals surface area contributed by atoms with Crippen molar-refractivity contribution >= 4 is 23.6 Å². The second-order valence-electron chi connectivity index (χ2n) is 11.1. The van der Waals surface area contributed by atoms with E-state index in [1.165, 1.54) is 21.0 Å². The van der Waals surface area contributed by atoms with Gasteiger partial charge in [-0.25, -0.2) is 0 Å². The van der Waals surface area contributed by atoms with Crippen molar-refractivity contribution in [3.63, 3.8) is 0 Å². The van der Waals surface area contributed by atoms with Gasteiger partial charge in [-0.2, -0.15) is 0 Å². The van der Waals surface area contributed by atoms with Crippen LogP contribution in [0.4, 0.5) is 0 Å². The first-order valence-electron chi connectivity index (χ1n) is 14.4. The SMILES string of the molecule is CO[C@H]1[C@@H]2OCOCO[C@H]2[C@H](O[C@@H]2CC(=O)[C@H]3CCN(Cc4cc5c(cc43)OCO5)C(=O)[C@H]2OC(C)=O)O[C@@H]1COC(C)=O. The number of hydrogen-bond donors (Lipinski definition) is 0. The van der Waals surface area contributed by atoms with E-state index in [1.54, 1.807) is 17.0 Å². The smallest absolute Gasteiger partial charge is 0.303 e. The van der Waals surface area contributed by atoms with Gasteiger partial charge in [-0.15, -0.1) is 0 Å². The molecule has 5 aliphatic heterocycles. The Bertz CT molecular complexity index is 1290. The van der Waals surface area contributed by atoms with Gasteiger partial charge in [-0.3, -0.25) is 19.2 Å². The zero-order valence-corrected chi connectivity index (χ0v) is 24.6. The Morgan fingerprint density at radius 3 is 2.48 bits per heavy atom. The van der Waals surface area contributed by atoms with Gasteiger partial charge in [0.25, 0.3) is 5.91 Å². The molecule has 6 rings (SSSR count). The third kappa shape index (κ3) is 6.12. The van der Waals surface area contributed by atoms with Crippen molar-refractivity contribution in [3.8, 4) is 11.5 Å². The Kier molecular flexibility index (Phi) is 9.03. The summed E-state index contributed by atoms with van der Waals surface area (Å²) in [6.45, 7) is 2.45. The minimum atomic E-state index is -1.47. The molecule has 0 aliphatic carbocycles. The molecule has 3 fully saturated rings. The fourth-order valence-electron chi connectivity index (χ4n) is 6.35. The molecule has 0 saturated carbocycles. The Hall–Kier alpha value is -3.34. The van der Waals surface area contributed by atoms with Crippen LogP contribution in [0, 0.1) is 0 Å². The minimum absolute atomic E-state index is 0.0622. The number of fused-ring (bicyclic) bond motifs is 7. The normalized spacial score (nSPS) is 33.2. The first kappa shape index (κ1) is 30.7. The zero-order chi connectivity index (χ0) is 31.0. The summed E-state index contributed by atoms with van der Waals surface area (Å²) in [5, 5.41) is 0. The predicted molar refractivity (Wildman–Crippen MR) is 142 cm³/mol. The number of carbonyl (C=O) groups is 4. The fourth-order valence-corrected chi connectivity index (χ4v) is 6.35. The molecule has 1 aromatic rings. The van der Waals surface area contributed by atoms with Crippen LogP contribution in [0.5, 0.6) is 11.5 Å². The molecule has 5 heterocycles. The molecule has 8 atom stereocenters. The van der Waals surface area contributed by atoms with Gasteiger partial charge in [0, 0.05) is 46.4 Å². The fraction of sp³-hybridized carbons (Fsp3) is 0.655. The zero-order valence-electron chi connectivity index (χ0n) is 24.6. The lowest BCUT2D eigenvalue weighted by Crippen LogP contribution is -2.62. The van der Waals surface area contributed by atoms with E-state index in [9.17, 15) is 19.2 Å². The van der Waals surface area contributed by atoms with E-state index >= 15 is 0 Å². The van der Waals surface area contributed by atoms with E-state index in [4.69, 9.17) is 47.4 Å². The molecule has 0 radical (unpaired) electrons. The molecule has 5 aliphatic rings. The number of methoxy groups -OCH3 is 1. The van der Waals surface area contributed by atoms with Gasteiger partial charge in [0.15, 0.2) is 17.8 Å². The maximum atomic E-state index is 14.1. The van der Waals surface area contributed by atoms with E-state index in [1.807, 2.05) is 0 Å².